The third-order valence-corrected chi connectivity index (χ3v) is 11.6. The maximum Gasteiger partial charge on any atom is 0.302 e. The van der Waals surface area contributed by atoms with Crippen LogP contribution in [0.5, 0.6) is 0 Å². The third kappa shape index (κ3) is 13.6. The van der Waals surface area contributed by atoms with Gasteiger partial charge in [-0.25, -0.2) is 0 Å². The van der Waals surface area contributed by atoms with Gasteiger partial charge in [-0.2, -0.15) is 0 Å². The molecule has 64 heavy (non-hydrogen) atoms. The van der Waals surface area contributed by atoms with Gasteiger partial charge >= 0.3 is 11.9 Å². The van der Waals surface area contributed by atoms with E-state index in [1.807, 2.05) is 152 Å². The molecule has 1 saturated carbocycles. The molecule has 1 aliphatic heterocycles. The van der Waals surface area contributed by atoms with Gasteiger partial charge in [0, 0.05) is 19.8 Å². The molecule has 0 amide bonds. The average molecular weight is 873 g/mol. The molecule has 10 atom stereocenters. The minimum absolute atomic E-state index is 0.0169. The van der Waals surface area contributed by atoms with Crippen molar-refractivity contribution in [1.82, 2.24) is 0 Å². The summed E-state index contributed by atoms with van der Waals surface area (Å²) in [4.78, 5) is 24.9. The second-order valence-corrected chi connectivity index (χ2v) is 16.5. The fraction of sp³-hybridized carbons (Fsp3) is 0.396. The van der Waals surface area contributed by atoms with Crippen LogP contribution in [0.1, 0.15) is 55.0 Å². The summed E-state index contributed by atoms with van der Waals surface area (Å²) in [7, 11) is 0. The second-order valence-electron chi connectivity index (χ2n) is 16.5. The Labute approximate surface area is 376 Å². The Hall–Kier alpha value is -5.24. The molecule has 1 heterocycles. The van der Waals surface area contributed by atoms with Crippen molar-refractivity contribution >= 4 is 11.9 Å². The van der Waals surface area contributed by atoms with Gasteiger partial charge < -0.3 is 42.6 Å². The predicted octanol–water partition coefficient (Wildman–Crippen LogP) is 8.81. The van der Waals surface area contributed by atoms with Crippen LogP contribution in [0.15, 0.2) is 152 Å². The summed E-state index contributed by atoms with van der Waals surface area (Å²) in [5.41, 5.74) is 4.83. The van der Waals surface area contributed by atoms with Crippen molar-refractivity contribution in [3.05, 3.63) is 179 Å². The molecule has 5 aromatic rings. The van der Waals surface area contributed by atoms with Crippen molar-refractivity contribution in [2.45, 2.75) is 109 Å². The first-order valence-corrected chi connectivity index (χ1v) is 22.2. The number of carbonyl (C=O) groups is 2. The average Bonchev–Trinajstić information content (AvgIpc) is 3.32. The van der Waals surface area contributed by atoms with Crippen LogP contribution in [-0.2, 0) is 85.3 Å². The Morgan fingerprint density at radius 1 is 0.453 bits per heavy atom. The van der Waals surface area contributed by atoms with Gasteiger partial charge in [0.05, 0.1) is 51.8 Å². The molecule has 1 aliphatic carbocycles. The highest BCUT2D eigenvalue weighted by Crippen LogP contribution is 2.40. The minimum Gasteiger partial charge on any atom is -0.465 e. The monoisotopic (exact) mass is 872 g/mol. The Morgan fingerprint density at radius 2 is 0.797 bits per heavy atom. The lowest BCUT2D eigenvalue weighted by atomic mass is 9.76. The number of hydrogen-bond donors (Lipinski definition) is 0. The summed E-state index contributed by atoms with van der Waals surface area (Å²) in [6, 6.07) is 49.5. The molecule has 338 valence electrons. The molecule has 0 unspecified atom stereocenters. The van der Waals surface area contributed by atoms with Crippen molar-refractivity contribution in [3.63, 3.8) is 0 Å². The second kappa shape index (κ2) is 24.2. The van der Waals surface area contributed by atoms with Crippen molar-refractivity contribution in [2.24, 2.45) is 11.8 Å². The van der Waals surface area contributed by atoms with E-state index in [2.05, 4.69) is 6.92 Å². The standard InChI is InChI=1S/C53H60O11/c1-37-29-45(35-56-38(2)54)48(50(60-32-42-23-13-6-14-24-42)47(37)58-30-40-19-9-4-10-20-40)64-53-52(62-34-44-27-17-8-18-28-44)51(61-33-43-25-15-7-16-26-43)49(46(63-53)36-57-39(3)55)59-31-41-21-11-5-12-22-41/h4-28,37,45-53H,29-36H2,1-3H3/t37-,45-,46-,47+,48-,49-,50-,51+,52-,53+/m1/s1. The van der Waals surface area contributed by atoms with Crippen LogP contribution in [0.4, 0.5) is 0 Å². The van der Waals surface area contributed by atoms with Crippen LogP contribution in [0.25, 0.3) is 0 Å². The molecule has 11 nitrogen and oxygen atoms in total. The summed E-state index contributed by atoms with van der Waals surface area (Å²) < 4.78 is 60.0. The molecule has 0 N–H and O–H groups in total. The topological polar surface area (TPSA) is 117 Å². The highest BCUT2D eigenvalue weighted by atomic mass is 16.7. The molecular formula is C53H60O11. The van der Waals surface area contributed by atoms with Crippen molar-refractivity contribution in [3.8, 4) is 0 Å². The fourth-order valence-electron chi connectivity index (χ4n) is 8.43. The fourth-order valence-corrected chi connectivity index (χ4v) is 8.43. The van der Waals surface area contributed by atoms with E-state index < -0.39 is 61.0 Å². The molecule has 2 aliphatic rings. The number of benzene rings is 5. The summed E-state index contributed by atoms with van der Waals surface area (Å²) in [6.45, 7) is 6.12. The first kappa shape index (κ1) is 46.7. The maximum absolute atomic E-state index is 12.4. The highest BCUT2D eigenvalue weighted by Gasteiger charge is 2.53. The Morgan fingerprint density at radius 3 is 1.20 bits per heavy atom. The maximum atomic E-state index is 12.4. The van der Waals surface area contributed by atoms with Gasteiger partial charge in [-0.1, -0.05) is 159 Å². The molecule has 0 aromatic heterocycles. The van der Waals surface area contributed by atoms with Crippen LogP contribution >= 0.6 is 0 Å². The first-order chi connectivity index (χ1) is 31.3. The minimum atomic E-state index is -1.11. The van der Waals surface area contributed by atoms with Gasteiger partial charge in [-0.05, 0) is 40.2 Å². The van der Waals surface area contributed by atoms with Gasteiger partial charge in [0.25, 0.3) is 0 Å². The summed E-state index contributed by atoms with van der Waals surface area (Å²) >= 11 is 0. The molecule has 0 spiro atoms. The first-order valence-electron chi connectivity index (χ1n) is 22.2. The van der Waals surface area contributed by atoms with E-state index in [-0.39, 0.29) is 51.5 Å². The number of carbonyl (C=O) groups excluding carboxylic acids is 2. The normalized spacial score (nSPS) is 25.6. The van der Waals surface area contributed by atoms with Gasteiger partial charge in [0.1, 0.15) is 37.1 Å². The number of hydrogen-bond acceptors (Lipinski definition) is 11. The predicted molar refractivity (Wildman–Crippen MR) is 239 cm³/mol. The van der Waals surface area contributed by atoms with Gasteiger partial charge in [-0.3, -0.25) is 9.59 Å². The lowest BCUT2D eigenvalue weighted by Crippen LogP contribution is -2.64. The van der Waals surface area contributed by atoms with E-state index in [4.69, 9.17) is 42.6 Å². The van der Waals surface area contributed by atoms with Gasteiger partial charge in [0.2, 0.25) is 0 Å². The van der Waals surface area contributed by atoms with Crippen molar-refractivity contribution in [1.29, 1.82) is 0 Å². The number of esters is 2. The Balaban J connectivity index is 1.28. The smallest absolute Gasteiger partial charge is 0.302 e. The zero-order valence-corrected chi connectivity index (χ0v) is 36.9. The van der Waals surface area contributed by atoms with E-state index in [1.165, 1.54) is 13.8 Å². The van der Waals surface area contributed by atoms with Crippen LogP contribution < -0.4 is 0 Å². The van der Waals surface area contributed by atoms with E-state index >= 15 is 0 Å². The highest BCUT2D eigenvalue weighted by molar-refractivity contribution is 5.66. The molecule has 2 fully saturated rings. The van der Waals surface area contributed by atoms with Crippen LogP contribution in [0, 0.1) is 11.8 Å². The largest absolute Gasteiger partial charge is 0.465 e. The van der Waals surface area contributed by atoms with Gasteiger partial charge in [0.15, 0.2) is 6.29 Å². The number of rotatable bonds is 21. The molecule has 0 bridgehead atoms. The lowest BCUT2D eigenvalue weighted by Gasteiger charge is -2.50. The molecule has 0 radical (unpaired) electrons. The van der Waals surface area contributed by atoms with Crippen LogP contribution in [0.3, 0.4) is 0 Å². The SMILES string of the molecule is CC(=O)OC[C@H]1C[C@@H](C)[C@H](OCc2ccccc2)[C@@H](OCc2ccccc2)[C@@H]1O[C@@H]1O[C@H](COC(C)=O)[C@@H](OCc2ccccc2)[C@H](OCc2ccccc2)[C@H]1OCc1ccccc1. The molecule has 1 saturated heterocycles. The third-order valence-electron chi connectivity index (χ3n) is 11.6. The van der Waals surface area contributed by atoms with Gasteiger partial charge in [-0.15, -0.1) is 0 Å². The zero-order valence-electron chi connectivity index (χ0n) is 36.9. The Bertz CT molecular complexity index is 2110. The lowest BCUT2D eigenvalue weighted by molar-refractivity contribution is -0.351. The summed E-state index contributed by atoms with van der Waals surface area (Å²) in [6.07, 6.45) is -5.65. The van der Waals surface area contributed by atoms with E-state index in [0.29, 0.717) is 13.0 Å². The number of ether oxygens (including phenoxy) is 9. The van der Waals surface area contributed by atoms with E-state index in [0.717, 1.165) is 27.8 Å². The summed E-state index contributed by atoms with van der Waals surface area (Å²) in [5.74, 6) is -1.22. The molecule has 11 heteroatoms. The molecular weight excluding hydrogens is 813 g/mol. The van der Waals surface area contributed by atoms with Crippen molar-refractivity contribution in [2.75, 3.05) is 13.2 Å². The molecule has 7 rings (SSSR count). The zero-order chi connectivity index (χ0) is 44.5. The molecule has 5 aromatic carbocycles. The van der Waals surface area contributed by atoms with Crippen LogP contribution in [-0.4, -0.2) is 74.2 Å². The quantitative estimate of drug-likeness (QED) is 0.0659. The van der Waals surface area contributed by atoms with Crippen LogP contribution in [0.2, 0.25) is 0 Å². The van der Waals surface area contributed by atoms with Crippen molar-refractivity contribution < 1.29 is 52.2 Å². The van der Waals surface area contributed by atoms with E-state index in [1.54, 1.807) is 0 Å². The van der Waals surface area contributed by atoms with E-state index in [9.17, 15) is 9.59 Å². The Kier molecular flexibility index (Phi) is 17.6. The summed E-state index contributed by atoms with van der Waals surface area (Å²) in [5, 5.41) is 0.